The van der Waals surface area contributed by atoms with Gasteiger partial charge in [0.25, 0.3) is 0 Å². The van der Waals surface area contributed by atoms with Gasteiger partial charge in [-0.05, 0) is 44.1 Å². The minimum absolute atomic E-state index is 0.0605. The standard InChI is InChI=1S/C20H28N2O3/c21-19(24)18-20(11-14-25-15-12-20)10-5-13-22(18)17(23)9-4-8-16-6-2-1-3-7-16/h1-3,6-7,18H,4-5,8-15H2,(H2,21,24). The van der Waals surface area contributed by atoms with Crippen molar-refractivity contribution in [2.75, 3.05) is 19.8 Å². The molecule has 0 aromatic heterocycles. The van der Waals surface area contributed by atoms with Crippen LogP contribution in [0.3, 0.4) is 0 Å². The Morgan fingerprint density at radius 1 is 1.16 bits per heavy atom. The van der Waals surface area contributed by atoms with E-state index < -0.39 is 6.04 Å². The summed E-state index contributed by atoms with van der Waals surface area (Å²) in [5.41, 5.74) is 6.80. The average Bonchev–Trinajstić information content (AvgIpc) is 2.62. The first kappa shape index (κ1) is 17.9. The lowest BCUT2D eigenvalue weighted by Crippen LogP contribution is -2.61. The van der Waals surface area contributed by atoms with E-state index in [0.717, 1.165) is 38.5 Å². The number of hydrogen-bond donors (Lipinski definition) is 1. The van der Waals surface area contributed by atoms with E-state index >= 15 is 0 Å². The molecule has 5 heteroatoms. The topological polar surface area (TPSA) is 72.6 Å². The zero-order chi connectivity index (χ0) is 17.7. The number of ether oxygens (including phenoxy) is 1. The summed E-state index contributed by atoms with van der Waals surface area (Å²) in [7, 11) is 0. The first-order chi connectivity index (χ1) is 12.1. The third kappa shape index (κ3) is 4.03. The van der Waals surface area contributed by atoms with Gasteiger partial charge in [0.1, 0.15) is 6.04 Å². The zero-order valence-electron chi connectivity index (χ0n) is 14.8. The van der Waals surface area contributed by atoms with E-state index in [-0.39, 0.29) is 17.2 Å². The Labute approximate surface area is 149 Å². The number of rotatable bonds is 5. The van der Waals surface area contributed by atoms with Crippen molar-refractivity contribution < 1.29 is 14.3 Å². The quantitative estimate of drug-likeness (QED) is 0.891. The van der Waals surface area contributed by atoms with Gasteiger partial charge in [0.15, 0.2) is 0 Å². The van der Waals surface area contributed by atoms with Crippen LogP contribution in [0.15, 0.2) is 30.3 Å². The summed E-state index contributed by atoms with van der Waals surface area (Å²) in [6, 6.07) is 9.70. The second kappa shape index (κ2) is 8.00. The predicted molar refractivity (Wildman–Crippen MR) is 95.8 cm³/mol. The smallest absolute Gasteiger partial charge is 0.240 e. The second-order valence-corrected chi connectivity index (χ2v) is 7.31. The first-order valence-electron chi connectivity index (χ1n) is 9.33. The molecule has 25 heavy (non-hydrogen) atoms. The Kier molecular flexibility index (Phi) is 5.74. The van der Waals surface area contributed by atoms with Gasteiger partial charge in [-0.25, -0.2) is 0 Å². The van der Waals surface area contributed by atoms with E-state index in [1.54, 1.807) is 4.90 Å². The number of primary amides is 1. The van der Waals surface area contributed by atoms with Crippen LogP contribution in [-0.4, -0.2) is 42.5 Å². The maximum Gasteiger partial charge on any atom is 0.240 e. The van der Waals surface area contributed by atoms with Crippen molar-refractivity contribution in [2.45, 2.75) is 51.0 Å². The highest BCUT2D eigenvalue weighted by Gasteiger charge is 2.49. The molecule has 2 heterocycles. The molecule has 3 rings (SSSR count). The lowest BCUT2D eigenvalue weighted by atomic mass is 9.67. The normalized spacial score (nSPS) is 22.7. The molecule has 2 aliphatic rings. The maximum atomic E-state index is 12.8. The molecule has 2 N–H and O–H groups in total. The monoisotopic (exact) mass is 344 g/mol. The Hall–Kier alpha value is -1.88. The highest BCUT2D eigenvalue weighted by Crippen LogP contribution is 2.44. The number of likely N-dealkylation sites (tertiary alicyclic amines) is 1. The third-order valence-electron chi connectivity index (χ3n) is 5.74. The molecule has 2 fully saturated rings. The molecule has 1 spiro atoms. The molecular formula is C20H28N2O3. The molecule has 1 unspecified atom stereocenters. The highest BCUT2D eigenvalue weighted by molar-refractivity contribution is 5.87. The number of carbonyl (C=O) groups excluding carboxylic acids is 2. The number of piperidine rings is 1. The Morgan fingerprint density at radius 2 is 1.88 bits per heavy atom. The van der Waals surface area contributed by atoms with E-state index in [1.165, 1.54) is 5.56 Å². The van der Waals surface area contributed by atoms with Crippen LogP contribution in [-0.2, 0) is 20.7 Å². The van der Waals surface area contributed by atoms with E-state index in [9.17, 15) is 9.59 Å². The molecule has 0 saturated carbocycles. The van der Waals surface area contributed by atoms with Crippen molar-refractivity contribution in [2.24, 2.45) is 11.1 Å². The number of aryl methyl sites for hydroxylation is 1. The van der Waals surface area contributed by atoms with Gasteiger partial charge in [0.2, 0.25) is 11.8 Å². The van der Waals surface area contributed by atoms with Gasteiger partial charge >= 0.3 is 0 Å². The largest absolute Gasteiger partial charge is 0.381 e. The molecule has 5 nitrogen and oxygen atoms in total. The van der Waals surface area contributed by atoms with Crippen LogP contribution >= 0.6 is 0 Å². The van der Waals surface area contributed by atoms with Crippen molar-refractivity contribution in [1.82, 2.24) is 4.90 Å². The van der Waals surface area contributed by atoms with Crippen LogP contribution in [0.25, 0.3) is 0 Å². The van der Waals surface area contributed by atoms with Gasteiger partial charge in [-0.3, -0.25) is 9.59 Å². The minimum atomic E-state index is -0.477. The van der Waals surface area contributed by atoms with Gasteiger partial charge in [0, 0.05) is 31.6 Å². The van der Waals surface area contributed by atoms with Crippen molar-refractivity contribution in [3.8, 4) is 0 Å². The SMILES string of the molecule is NC(=O)C1N(C(=O)CCCc2ccccc2)CCCC12CCOCC2. The molecule has 0 bridgehead atoms. The molecule has 1 atom stereocenters. The number of benzene rings is 1. The van der Waals surface area contributed by atoms with Crippen LogP contribution < -0.4 is 5.73 Å². The maximum absolute atomic E-state index is 12.8. The molecule has 0 radical (unpaired) electrons. The molecule has 2 amide bonds. The lowest BCUT2D eigenvalue weighted by Gasteiger charge is -2.50. The van der Waals surface area contributed by atoms with Crippen molar-refractivity contribution in [3.63, 3.8) is 0 Å². The Morgan fingerprint density at radius 3 is 2.56 bits per heavy atom. The fourth-order valence-electron chi connectivity index (χ4n) is 4.46. The van der Waals surface area contributed by atoms with Crippen LogP contribution in [0.1, 0.15) is 44.1 Å². The summed E-state index contributed by atoms with van der Waals surface area (Å²) in [4.78, 5) is 26.8. The van der Waals surface area contributed by atoms with Crippen molar-refractivity contribution in [1.29, 1.82) is 0 Å². The summed E-state index contributed by atoms with van der Waals surface area (Å²) >= 11 is 0. The summed E-state index contributed by atoms with van der Waals surface area (Å²) < 4.78 is 5.48. The van der Waals surface area contributed by atoms with E-state index in [4.69, 9.17) is 10.5 Å². The molecule has 0 aliphatic carbocycles. The molecule has 2 aliphatic heterocycles. The molecule has 2 saturated heterocycles. The summed E-state index contributed by atoms with van der Waals surface area (Å²) in [5, 5.41) is 0. The van der Waals surface area contributed by atoms with Crippen molar-refractivity contribution >= 4 is 11.8 Å². The minimum Gasteiger partial charge on any atom is -0.381 e. The molecule has 1 aromatic rings. The molecular weight excluding hydrogens is 316 g/mol. The highest BCUT2D eigenvalue weighted by atomic mass is 16.5. The van der Waals surface area contributed by atoms with Gasteiger partial charge in [0.05, 0.1) is 0 Å². The Balaban J connectivity index is 1.64. The summed E-state index contributed by atoms with van der Waals surface area (Å²) in [6.45, 7) is 1.94. The average molecular weight is 344 g/mol. The van der Waals surface area contributed by atoms with E-state index in [1.807, 2.05) is 18.2 Å². The van der Waals surface area contributed by atoms with E-state index in [2.05, 4.69) is 12.1 Å². The van der Waals surface area contributed by atoms with Gasteiger partial charge in [-0.2, -0.15) is 0 Å². The number of nitrogens with zero attached hydrogens (tertiary/aromatic N) is 1. The molecule has 1 aromatic carbocycles. The first-order valence-corrected chi connectivity index (χ1v) is 9.33. The summed E-state index contributed by atoms with van der Waals surface area (Å²) in [5.74, 6) is -0.302. The third-order valence-corrected chi connectivity index (χ3v) is 5.74. The van der Waals surface area contributed by atoms with Crippen molar-refractivity contribution in [3.05, 3.63) is 35.9 Å². The summed E-state index contributed by atoms with van der Waals surface area (Å²) in [6.07, 6.45) is 5.65. The Bertz CT molecular complexity index is 591. The number of nitrogens with two attached hydrogens (primary N) is 1. The van der Waals surface area contributed by atoms with Gasteiger partial charge in [-0.15, -0.1) is 0 Å². The van der Waals surface area contributed by atoms with Crippen LogP contribution in [0.2, 0.25) is 0 Å². The fourth-order valence-corrected chi connectivity index (χ4v) is 4.46. The number of amides is 2. The van der Waals surface area contributed by atoms with Gasteiger partial charge in [-0.1, -0.05) is 30.3 Å². The zero-order valence-corrected chi connectivity index (χ0v) is 14.8. The van der Waals surface area contributed by atoms with Crippen LogP contribution in [0, 0.1) is 5.41 Å². The fraction of sp³-hybridized carbons (Fsp3) is 0.600. The molecule has 136 valence electrons. The van der Waals surface area contributed by atoms with Crippen LogP contribution in [0.4, 0.5) is 0 Å². The second-order valence-electron chi connectivity index (χ2n) is 7.31. The van der Waals surface area contributed by atoms with E-state index in [0.29, 0.717) is 26.2 Å². The lowest BCUT2D eigenvalue weighted by molar-refractivity contribution is -0.153. The predicted octanol–water partition coefficient (Wildman–Crippen LogP) is 2.28. The number of hydrogen-bond acceptors (Lipinski definition) is 3. The number of carbonyl (C=O) groups is 2. The van der Waals surface area contributed by atoms with Gasteiger partial charge < -0.3 is 15.4 Å². The van der Waals surface area contributed by atoms with Crippen LogP contribution in [0.5, 0.6) is 0 Å².